The number of amides is 2. The molecular weight excluding hydrogens is 352 g/mol. The van der Waals surface area contributed by atoms with E-state index in [9.17, 15) is 19.5 Å². The summed E-state index contributed by atoms with van der Waals surface area (Å²) < 4.78 is 10.4. The van der Waals surface area contributed by atoms with Crippen LogP contribution in [0.15, 0.2) is 0 Å². The highest BCUT2D eigenvalue weighted by Gasteiger charge is 2.42. The lowest BCUT2D eigenvalue weighted by molar-refractivity contribution is -0.154. The van der Waals surface area contributed by atoms with Crippen molar-refractivity contribution in [2.24, 2.45) is 5.92 Å². The van der Waals surface area contributed by atoms with E-state index in [1.165, 1.54) is 4.90 Å². The summed E-state index contributed by atoms with van der Waals surface area (Å²) in [5, 5.41) is 9.73. The highest BCUT2D eigenvalue weighted by molar-refractivity contribution is 5.90. The van der Waals surface area contributed by atoms with E-state index in [1.807, 2.05) is 13.8 Å². The molecule has 0 aromatic rings. The van der Waals surface area contributed by atoms with Gasteiger partial charge in [0.15, 0.2) is 0 Å². The standard InChI is InChI=1S/C19H34N2O6/c1-7-26-16(23)11-15-17(24)20(14(12-22)10-13(2)3)8-9-21(15)18(25)27-19(4,5)6/h13-15,22H,7-12H2,1-6H3/t14-,15-/m0/s1. The van der Waals surface area contributed by atoms with Crippen molar-refractivity contribution in [3.05, 3.63) is 0 Å². The Hall–Kier alpha value is -1.83. The van der Waals surface area contributed by atoms with Gasteiger partial charge in [0.05, 0.1) is 25.7 Å². The van der Waals surface area contributed by atoms with Crippen LogP contribution in [-0.2, 0) is 19.1 Å². The Labute approximate surface area is 161 Å². The van der Waals surface area contributed by atoms with Crippen molar-refractivity contribution in [3.8, 4) is 0 Å². The number of ether oxygens (including phenoxy) is 2. The van der Waals surface area contributed by atoms with E-state index in [2.05, 4.69) is 0 Å². The zero-order valence-corrected chi connectivity index (χ0v) is 17.4. The van der Waals surface area contributed by atoms with Gasteiger partial charge in [-0.05, 0) is 40.0 Å². The van der Waals surface area contributed by atoms with Crippen LogP contribution < -0.4 is 0 Å². The predicted molar refractivity (Wildman–Crippen MR) is 100 cm³/mol. The third-order valence-corrected chi connectivity index (χ3v) is 4.21. The molecule has 1 heterocycles. The third-order valence-electron chi connectivity index (χ3n) is 4.21. The van der Waals surface area contributed by atoms with Gasteiger partial charge in [0.1, 0.15) is 11.6 Å². The molecule has 8 nitrogen and oxygen atoms in total. The average Bonchev–Trinajstić information content (AvgIpc) is 2.53. The zero-order valence-electron chi connectivity index (χ0n) is 17.4. The summed E-state index contributed by atoms with van der Waals surface area (Å²) >= 11 is 0. The molecule has 156 valence electrons. The van der Waals surface area contributed by atoms with Crippen molar-refractivity contribution in [1.82, 2.24) is 9.80 Å². The molecule has 0 unspecified atom stereocenters. The molecule has 0 aliphatic carbocycles. The molecule has 0 radical (unpaired) electrons. The van der Waals surface area contributed by atoms with Gasteiger partial charge in [-0.3, -0.25) is 14.5 Å². The number of carbonyl (C=O) groups is 3. The smallest absolute Gasteiger partial charge is 0.411 e. The number of nitrogens with zero attached hydrogens (tertiary/aromatic N) is 2. The molecule has 0 aromatic carbocycles. The number of aliphatic hydroxyl groups excluding tert-OH is 1. The molecule has 1 fully saturated rings. The van der Waals surface area contributed by atoms with E-state index in [4.69, 9.17) is 9.47 Å². The van der Waals surface area contributed by atoms with Crippen LogP contribution in [0, 0.1) is 5.92 Å². The van der Waals surface area contributed by atoms with Crippen LogP contribution >= 0.6 is 0 Å². The zero-order chi connectivity index (χ0) is 20.8. The second kappa shape index (κ2) is 9.92. The molecule has 0 spiro atoms. The largest absolute Gasteiger partial charge is 0.466 e. The molecule has 1 saturated heterocycles. The minimum Gasteiger partial charge on any atom is -0.466 e. The Balaban J connectivity index is 3.05. The Morgan fingerprint density at radius 3 is 2.37 bits per heavy atom. The van der Waals surface area contributed by atoms with Gasteiger partial charge in [-0.1, -0.05) is 13.8 Å². The quantitative estimate of drug-likeness (QED) is 0.670. The number of hydrogen-bond acceptors (Lipinski definition) is 6. The van der Waals surface area contributed by atoms with Gasteiger partial charge < -0.3 is 19.5 Å². The Kier molecular flexibility index (Phi) is 8.53. The van der Waals surface area contributed by atoms with E-state index in [0.29, 0.717) is 12.3 Å². The van der Waals surface area contributed by atoms with Gasteiger partial charge in [-0.2, -0.15) is 0 Å². The maximum Gasteiger partial charge on any atom is 0.411 e. The number of aliphatic hydroxyl groups is 1. The number of hydrogen-bond donors (Lipinski definition) is 1. The van der Waals surface area contributed by atoms with Crippen LogP contribution in [0.3, 0.4) is 0 Å². The van der Waals surface area contributed by atoms with Gasteiger partial charge in [-0.25, -0.2) is 4.79 Å². The molecule has 0 aromatic heterocycles. The van der Waals surface area contributed by atoms with Gasteiger partial charge in [0, 0.05) is 13.1 Å². The molecule has 1 aliphatic rings. The van der Waals surface area contributed by atoms with Crippen LogP contribution in [-0.4, -0.2) is 76.9 Å². The van der Waals surface area contributed by atoms with Crippen molar-refractivity contribution >= 4 is 18.0 Å². The topological polar surface area (TPSA) is 96.4 Å². The molecule has 27 heavy (non-hydrogen) atoms. The van der Waals surface area contributed by atoms with Gasteiger partial charge >= 0.3 is 12.1 Å². The van der Waals surface area contributed by atoms with Crippen molar-refractivity contribution in [2.45, 2.75) is 72.1 Å². The Bertz CT molecular complexity index is 529. The molecule has 1 aliphatic heterocycles. The van der Waals surface area contributed by atoms with Crippen LogP contribution in [0.2, 0.25) is 0 Å². The second-order valence-corrected chi connectivity index (χ2v) is 8.20. The van der Waals surface area contributed by atoms with Crippen molar-refractivity contribution in [2.75, 3.05) is 26.3 Å². The number of carbonyl (C=O) groups excluding carboxylic acids is 3. The van der Waals surface area contributed by atoms with E-state index in [0.717, 1.165) is 0 Å². The Morgan fingerprint density at radius 2 is 1.89 bits per heavy atom. The molecule has 2 atom stereocenters. The summed E-state index contributed by atoms with van der Waals surface area (Å²) in [6.07, 6.45) is -0.225. The minimum absolute atomic E-state index is 0.164. The SMILES string of the molecule is CCOC(=O)C[C@H]1C(=O)N([C@H](CO)CC(C)C)CCN1C(=O)OC(C)(C)C. The van der Waals surface area contributed by atoms with E-state index < -0.39 is 23.7 Å². The van der Waals surface area contributed by atoms with Crippen LogP contribution in [0.4, 0.5) is 4.79 Å². The first-order valence-corrected chi connectivity index (χ1v) is 9.56. The van der Waals surface area contributed by atoms with Gasteiger partial charge in [0.2, 0.25) is 5.91 Å². The lowest BCUT2D eigenvalue weighted by atomic mass is 9.99. The lowest BCUT2D eigenvalue weighted by Crippen LogP contribution is -2.62. The molecule has 0 bridgehead atoms. The van der Waals surface area contributed by atoms with Crippen LogP contribution in [0.5, 0.6) is 0 Å². The number of piperazine rings is 1. The molecule has 1 rings (SSSR count). The van der Waals surface area contributed by atoms with Crippen LogP contribution in [0.25, 0.3) is 0 Å². The molecule has 1 N–H and O–H groups in total. The summed E-state index contributed by atoms with van der Waals surface area (Å²) in [7, 11) is 0. The average molecular weight is 386 g/mol. The van der Waals surface area contributed by atoms with Crippen molar-refractivity contribution < 1.29 is 29.0 Å². The summed E-state index contributed by atoms with van der Waals surface area (Å²) in [5.74, 6) is -0.613. The molecule has 8 heteroatoms. The fourth-order valence-corrected chi connectivity index (χ4v) is 3.13. The van der Waals surface area contributed by atoms with Gasteiger partial charge in [0.25, 0.3) is 0 Å². The molecule has 0 saturated carbocycles. The number of esters is 1. The van der Waals surface area contributed by atoms with Gasteiger partial charge in [-0.15, -0.1) is 0 Å². The van der Waals surface area contributed by atoms with E-state index >= 15 is 0 Å². The first-order chi connectivity index (χ1) is 12.5. The molecular formula is C19H34N2O6. The predicted octanol–water partition coefficient (Wildman–Crippen LogP) is 1.79. The third kappa shape index (κ3) is 7.01. The fraction of sp³-hybridized carbons (Fsp3) is 0.842. The highest BCUT2D eigenvalue weighted by atomic mass is 16.6. The van der Waals surface area contributed by atoms with Crippen LogP contribution in [0.1, 0.15) is 54.4 Å². The normalized spacial score (nSPS) is 19.3. The summed E-state index contributed by atoms with van der Waals surface area (Å²) in [6.45, 7) is 11.5. The maximum absolute atomic E-state index is 13.1. The summed E-state index contributed by atoms with van der Waals surface area (Å²) in [4.78, 5) is 40.5. The highest BCUT2D eigenvalue weighted by Crippen LogP contribution is 2.23. The lowest BCUT2D eigenvalue weighted by Gasteiger charge is -2.43. The maximum atomic E-state index is 13.1. The second-order valence-electron chi connectivity index (χ2n) is 8.20. The molecule has 2 amide bonds. The number of rotatable bonds is 7. The van der Waals surface area contributed by atoms with Crippen molar-refractivity contribution in [1.29, 1.82) is 0 Å². The monoisotopic (exact) mass is 386 g/mol. The summed E-state index contributed by atoms with van der Waals surface area (Å²) in [6, 6.07) is -1.34. The Morgan fingerprint density at radius 1 is 1.26 bits per heavy atom. The van der Waals surface area contributed by atoms with E-state index in [-0.39, 0.29) is 44.7 Å². The minimum atomic E-state index is -0.992. The first-order valence-electron chi connectivity index (χ1n) is 9.56. The summed E-state index contributed by atoms with van der Waals surface area (Å²) in [5.41, 5.74) is -0.711. The van der Waals surface area contributed by atoms with E-state index in [1.54, 1.807) is 32.6 Å². The first kappa shape index (κ1) is 23.2. The van der Waals surface area contributed by atoms with Crippen molar-refractivity contribution in [3.63, 3.8) is 0 Å². The fourth-order valence-electron chi connectivity index (χ4n) is 3.13.